The van der Waals surface area contributed by atoms with Crippen molar-refractivity contribution in [3.63, 3.8) is 0 Å². The number of ether oxygens (including phenoxy) is 1. The number of β-amino-alcohol motifs (C(OH)–C–C–N with tert-alkyl or cyclic N) is 1. The molecule has 1 aliphatic heterocycles. The first kappa shape index (κ1) is 16.4. The van der Waals surface area contributed by atoms with Crippen molar-refractivity contribution in [2.24, 2.45) is 0 Å². The van der Waals surface area contributed by atoms with Crippen LogP contribution in [0.5, 0.6) is 0 Å². The Morgan fingerprint density at radius 2 is 2.00 bits per heavy atom. The standard InChI is InChI=1S/C16H25FN2O2/c1-13(15-5-3-4-6-16(15)17)18(2)11-14(20)12-19-7-9-21-10-8-19/h3-6,13-14,20H,7-12H2,1-2H3. The van der Waals surface area contributed by atoms with E-state index >= 15 is 0 Å². The number of nitrogens with zero attached hydrogens (tertiary/aromatic N) is 2. The lowest BCUT2D eigenvalue weighted by Crippen LogP contribution is -2.44. The minimum atomic E-state index is -0.442. The molecule has 0 aliphatic carbocycles. The van der Waals surface area contributed by atoms with Crippen molar-refractivity contribution in [2.75, 3.05) is 46.4 Å². The Bertz CT molecular complexity index is 438. The molecule has 1 saturated heterocycles. The fourth-order valence-electron chi connectivity index (χ4n) is 2.68. The molecule has 5 heteroatoms. The van der Waals surface area contributed by atoms with Gasteiger partial charge in [0.1, 0.15) is 5.82 Å². The summed E-state index contributed by atoms with van der Waals surface area (Å²) in [6, 6.07) is 6.74. The Balaban J connectivity index is 1.85. The Kier molecular flexibility index (Phi) is 6.11. The van der Waals surface area contributed by atoms with Crippen LogP contribution in [-0.2, 0) is 4.74 Å². The van der Waals surface area contributed by atoms with Crippen molar-refractivity contribution in [3.8, 4) is 0 Å². The van der Waals surface area contributed by atoms with Gasteiger partial charge in [-0.15, -0.1) is 0 Å². The van der Waals surface area contributed by atoms with Crippen LogP contribution < -0.4 is 0 Å². The molecule has 0 saturated carbocycles. The first-order valence-electron chi connectivity index (χ1n) is 7.50. The summed E-state index contributed by atoms with van der Waals surface area (Å²) >= 11 is 0. The second-order valence-corrected chi connectivity index (χ2v) is 5.70. The van der Waals surface area contributed by atoms with Crippen molar-refractivity contribution >= 4 is 0 Å². The summed E-state index contributed by atoms with van der Waals surface area (Å²) in [6.07, 6.45) is -0.442. The maximum absolute atomic E-state index is 13.8. The van der Waals surface area contributed by atoms with E-state index in [1.165, 1.54) is 6.07 Å². The van der Waals surface area contributed by atoms with Crippen LogP contribution >= 0.6 is 0 Å². The molecule has 21 heavy (non-hydrogen) atoms. The number of rotatable bonds is 6. The molecule has 1 aromatic rings. The molecule has 0 spiro atoms. The third-order valence-electron chi connectivity index (χ3n) is 4.09. The van der Waals surface area contributed by atoms with Gasteiger partial charge in [-0.05, 0) is 20.0 Å². The topological polar surface area (TPSA) is 35.9 Å². The van der Waals surface area contributed by atoms with Gasteiger partial charge in [0, 0.05) is 37.8 Å². The van der Waals surface area contributed by atoms with E-state index < -0.39 is 6.10 Å². The Morgan fingerprint density at radius 1 is 1.33 bits per heavy atom. The van der Waals surface area contributed by atoms with Gasteiger partial charge in [0.15, 0.2) is 0 Å². The molecule has 1 heterocycles. The minimum Gasteiger partial charge on any atom is -0.390 e. The maximum Gasteiger partial charge on any atom is 0.127 e. The SMILES string of the molecule is CC(c1ccccc1F)N(C)CC(O)CN1CCOCC1. The molecule has 1 aliphatic rings. The third kappa shape index (κ3) is 4.74. The highest BCUT2D eigenvalue weighted by Crippen LogP contribution is 2.21. The molecule has 4 nitrogen and oxygen atoms in total. The number of aliphatic hydroxyl groups excluding tert-OH is 1. The van der Waals surface area contributed by atoms with Crippen LogP contribution in [0.2, 0.25) is 0 Å². The van der Waals surface area contributed by atoms with E-state index in [1.807, 2.05) is 24.9 Å². The molecule has 0 radical (unpaired) electrons. The van der Waals surface area contributed by atoms with E-state index in [1.54, 1.807) is 12.1 Å². The van der Waals surface area contributed by atoms with Crippen molar-refractivity contribution < 1.29 is 14.2 Å². The van der Waals surface area contributed by atoms with Crippen LogP contribution in [0.3, 0.4) is 0 Å². The number of likely N-dealkylation sites (N-methyl/N-ethyl adjacent to an activating group) is 1. The van der Waals surface area contributed by atoms with Crippen LogP contribution in [0, 0.1) is 5.82 Å². The lowest BCUT2D eigenvalue weighted by molar-refractivity contribution is 0.00615. The average Bonchev–Trinajstić information content (AvgIpc) is 2.48. The van der Waals surface area contributed by atoms with Gasteiger partial charge < -0.3 is 9.84 Å². The zero-order valence-electron chi connectivity index (χ0n) is 12.8. The monoisotopic (exact) mass is 296 g/mol. The smallest absolute Gasteiger partial charge is 0.127 e. The predicted molar refractivity (Wildman–Crippen MR) is 80.7 cm³/mol. The maximum atomic E-state index is 13.8. The summed E-state index contributed by atoms with van der Waals surface area (Å²) in [4.78, 5) is 4.19. The Labute approximate surface area is 126 Å². The van der Waals surface area contributed by atoms with Crippen LogP contribution in [0.4, 0.5) is 4.39 Å². The second kappa shape index (κ2) is 7.84. The predicted octanol–water partition coefficient (Wildman–Crippen LogP) is 1.51. The summed E-state index contributed by atoms with van der Waals surface area (Å²) in [7, 11) is 1.92. The first-order chi connectivity index (χ1) is 10.1. The largest absolute Gasteiger partial charge is 0.390 e. The van der Waals surface area contributed by atoms with Crippen molar-refractivity contribution in [1.29, 1.82) is 0 Å². The van der Waals surface area contributed by atoms with Gasteiger partial charge in [0.05, 0.1) is 19.3 Å². The molecule has 0 bridgehead atoms. The summed E-state index contributed by atoms with van der Waals surface area (Å²) in [6.45, 7) is 6.31. The van der Waals surface area contributed by atoms with Crippen molar-refractivity contribution in [3.05, 3.63) is 35.6 Å². The lowest BCUT2D eigenvalue weighted by Gasteiger charge is -2.32. The van der Waals surface area contributed by atoms with E-state index in [9.17, 15) is 9.50 Å². The number of benzene rings is 1. The van der Waals surface area contributed by atoms with E-state index in [0.717, 1.165) is 26.3 Å². The first-order valence-corrected chi connectivity index (χ1v) is 7.50. The van der Waals surface area contributed by atoms with Crippen LogP contribution in [0.15, 0.2) is 24.3 Å². The average molecular weight is 296 g/mol. The molecular weight excluding hydrogens is 271 g/mol. The Morgan fingerprint density at radius 3 is 2.67 bits per heavy atom. The summed E-state index contributed by atoms with van der Waals surface area (Å²) in [5.41, 5.74) is 0.665. The highest BCUT2D eigenvalue weighted by molar-refractivity contribution is 5.20. The van der Waals surface area contributed by atoms with E-state index in [0.29, 0.717) is 18.7 Å². The molecule has 1 N–H and O–H groups in total. The summed E-state index contributed by atoms with van der Waals surface area (Å²) in [5.74, 6) is -0.195. The Hall–Kier alpha value is -1.01. The van der Waals surface area contributed by atoms with Crippen molar-refractivity contribution in [1.82, 2.24) is 9.80 Å². The van der Waals surface area contributed by atoms with E-state index in [-0.39, 0.29) is 11.9 Å². The summed E-state index contributed by atoms with van der Waals surface area (Å²) in [5, 5.41) is 10.2. The normalized spacial score (nSPS) is 19.7. The number of hydrogen-bond donors (Lipinski definition) is 1. The molecule has 2 atom stereocenters. The third-order valence-corrected chi connectivity index (χ3v) is 4.09. The van der Waals surface area contributed by atoms with Gasteiger partial charge in [-0.1, -0.05) is 18.2 Å². The molecule has 2 rings (SSSR count). The molecule has 0 aromatic heterocycles. The van der Waals surface area contributed by atoms with Gasteiger partial charge in [-0.2, -0.15) is 0 Å². The zero-order valence-corrected chi connectivity index (χ0v) is 12.8. The fraction of sp³-hybridized carbons (Fsp3) is 0.625. The number of aliphatic hydroxyl groups is 1. The molecular formula is C16H25FN2O2. The number of morpholine rings is 1. The highest BCUT2D eigenvalue weighted by Gasteiger charge is 2.20. The highest BCUT2D eigenvalue weighted by atomic mass is 19.1. The fourth-order valence-corrected chi connectivity index (χ4v) is 2.68. The molecule has 1 fully saturated rings. The molecule has 1 aromatic carbocycles. The number of halogens is 1. The summed E-state index contributed by atoms with van der Waals surface area (Å²) < 4.78 is 19.1. The molecule has 2 unspecified atom stereocenters. The van der Waals surface area contributed by atoms with Gasteiger partial charge in [0.25, 0.3) is 0 Å². The van der Waals surface area contributed by atoms with Gasteiger partial charge in [-0.25, -0.2) is 4.39 Å². The van der Waals surface area contributed by atoms with Crippen LogP contribution in [0.25, 0.3) is 0 Å². The van der Waals surface area contributed by atoms with Crippen molar-refractivity contribution in [2.45, 2.75) is 19.1 Å². The van der Waals surface area contributed by atoms with E-state index in [4.69, 9.17) is 4.74 Å². The minimum absolute atomic E-state index is 0.0643. The van der Waals surface area contributed by atoms with Crippen LogP contribution in [-0.4, -0.2) is 67.5 Å². The van der Waals surface area contributed by atoms with Gasteiger partial charge >= 0.3 is 0 Å². The second-order valence-electron chi connectivity index (χ2n) is 5.70. The van der Waals surface area contributed by atoms with Gasteiger partial charge in [-0.3, -0.25) is 9.80 Å². The quantitative estimate of drug-likeness (QED) is 0.863. The lowest BCUT2D eigenvalue weighted by atomic mass is 10.1. The van der Waals surface area contributed by atoms with Gasteiger partial charge in [0.2, 0.25) is 0 Å². The molecule has 118 valence electrons. The van der Waals surface area contributed by atoms with E-state index in [2.05, 4.69) is 4.90 Å². The number of hydrogen-bond acceptors (Lipinski definition) is 4. The zero-order chi connectivity index (χ0) is 15.2. The van der Waals surface area contributed by atoms with Crippen LogP contribution in [0.1, 0.15) is 18.5 Å². The molecule has 0 amide bonds.